The van der Waals surface area contributed by atoms with Gasteiger partial charge in [0, 0.05) is 18.5 Å². The summed E-state index contributed by atoms with van der Waals surface area (Å²) in [6.45, 7) is 3.83. The van der Waals surface area contributed by atoms with Gasteiger partial charge in [0.25, 0.3) is 5.91 Å². The minimum Gasteiger partial charge on any atom is -0.483 e. The van der Waals surface area contributed by atoms with Crippen molar-refractivity contribution in [1.82, 2.24) is 19.5 Å². The monoisotopic (exact) mass is 323 g/mol. The number of nitrogens with one attached hydrogen (secondary N) is 1. The summed E-state index contributed by atoms with van der Waals surface area (Å²) in [5.74, 6) is 1.44. The third-order valence-corrected chi connectivity index (χ3v) is 3.39. The van der Waals surface area contributed by atoms with Crippen molar-refractivity contribution in [3.05, 3.63) is 60.4 Å². The van der Waals surface area contributed by atoms with Gasteiger partial charge in [0.15, 0.2) is 6.61 Å². The van der Waals surface area contributed by atoms with Gasteiger partial charge in [-0.25, -0.2) is 15.0 Å². The lowest BCUT2D eigenvalue weighted by molar-refractivity contribution is -0.118. The van der Waals surface area contributed by atoms with Crippen LogP contribution < -0.4 is 10.1 Å². The van der Waals surface area contributed by atoms with Crippen molar-refractivity contribution < 1.29 is 9.53 Å². The minimum absolute atomic E-state index is 0.0886. The molecule has 1 amide bonds. The van der Waals surface area contributed by atoms with Gasteiger partial charge in [-0.2, -0.15) is 0 Å². The van der Waals surface area contributed by atoms with E-state index in [1.165, 1.54) is 6.33 Å². The molecule has 0 radical (unpaired) electrons. The summed E-state index contributed by atoms with van der Waals surface area (Å²) >= 11 is 0. The molecule has 24 heavy (non-hydrogen) atoms. The first-order chi connectivity index (χ1) is 11.6. The Morgan fingerprint density at radius 2 is 2.12 bits per heavy atom. The molecule has 122 valence electrons. The smallest absolute Gasteiger partial charge is 0.263 e. The second-order valence-electron chi connectivity index (χ2n) is 5.34. The highest BCUT2D eigenvalue weighted by Gasteiger charge is 2.08. The Morgan fingerprint density at radius 1 is 1.25 bits per heavy atom. The molecule has 0 atom stereocenters. The maximum Gasteiger partial charge on any atom is 0.263 e. The summed E-state index contributed by atoms with van der Waals surface area (Å²) in [6.07, 6.45) is 6.42. The molecule has 7 heteroatoms. The second-order valence-corrected chi connectivity index (χ2v) is 5.34. The molecule has 7 nitrogen and oxygen atoms in total. The van der Waals surface area contributed by atoms with Gasteiger partial charge in [-0.15, -0.1) is 0 Å². The quantitative estimate of drug-likeness (QED) is 0.779. The maximum absolute atomic E-state index is 12.1. The number of carbonyl (C=O) groups excluding carboxylic acids is 1. The number of amides is 1. The lowest BCUT2D eigenvalue weighted by atomic mass is 10.1. The summed E-state index contributed by atoms with van der Waals surface area (Å²) in [5, 5.41) is 2.70. The van der Waals surface area contributed by atoms with Crippen molar-refractivity contribution in [3.8, 4) is 11.6 Å². The summed E-state index contributed by atoms with van der Waals surface area (Å²) in [7, 11) is 0. The highest BCUT2D eigenvalue weighted by molar-refractivity contribution is 5.91. The van der Waals surface area contributed by atoms with Crippen LogP contribution in [-0.4, -0.2) is 32.0 Å². The van der Waals surface area contributed by atoms with E-state index in [1.807, 2.05) is 32.0 Å². The van der Waals surface area contributed by atoms with Crippen LogP contribution in [0.3, 0.4) is 0 Å². The first-order valence-electron chi connectivity index (χ1n) is 7.42. The van der Waals surface area contributed by atoms with E-state index in [1.54, 1.807) is 29.4 Å². The van der Waals surface area contributed by atoms with Gasteiger partial charge >= 0.3 is 0 Å². The third kappa shape index (κ3) is 3.75. The number of ether oxygens (including phenoxy) is 1. The predicted molar refractivity (Wildman–Crippen MR) is 89.2 cm³/mol. The van der Waals surface area contributed by atoms with Crippen molar-refractivity contribution in [2.24, 2.45) is 0 Å². The van der Waals surface area contributed by atoms with Crippen molar-refractivity contribution in [1.29, 1.82) is 0 Å². The van der Waals surface area contributed by atoms with E-state index >= 15 is 0 Å². The molecule has 0 fully saturated rings. The van der Waals surface area contributed by atoms with E-state index in [2.05, 4.69) is 20.3 Å². The molecule has 0 aliphatic heterocycles. The molecule has 3 rings (SSSR count). The Morgan fingerprint density at radius 3 is 2.92 bits per heavy atom. The fourth-order valence-corrected chi connectivity index (χ4v) is 2.14. The SMILES string of the molecule is Cc1ccc(C)c(OCC(=O)Nc2cc(-n3ccnc3)ncn2)c1. The number of aryl methyl sites for hydroxylation is 2. The fourth-order valence-electron chi connectivity index (χ4n) is 2.14. The van der Waals surface area contributed by atoms with Crippen molar-refractivity contribution in [3.63, 3.8) is 0 Å². The molecule has 2 heterocycles. The highest BCUT2D eigenvalue weighted by Crippen LogP contribution is 2.19. The molecular weight excluding hydrogens is 306 g/mol. The molecule has 0 spiro atoms. The molecular formula is C17H17N5O2. The Labute approximate surface area is 139 Å². The van der Waals surface area contributed by atoms with Gasteiger partial charge < -0.3 is 10.1 Å². The number of hydrogen-bond acceptors (Lipinski definition) is 5. The predicted octanol–water partition coefficient (Wildman–Crippen LogP) is 2.30. The summed E-state index contributed by atoms with van der Waals surface area (Å²) in [6, 6.07) is 7.53. The minimum atomic E-state index is -0.286. The average Bonchev–Trinajstić information content (AvgIpc) is 3.10. The number of aromatic nitrogens is 4. The first-order valence-corrected chi connectivity index (χ1v) is 7.42. The number of benzene rings is 1. The number of rotatable bonds is 5. The molecule has 0 aliphatic rings. The largest absolute Gasteiger partial charge is 0.483 e. The van der Waals surface area contributed by atoms with Crippen LogP contribution >= 0.6 is 0 Å². The van der Waals surface area contributed by atoms with Crippen LogP contribution in [0.4, 0.5) is 5.82 Å². The van der Waals surface area contributed by atoms with Gasteiger partial charge in [-0.05, 0) is 31.0 Å². The zero-order chi connectivity index (χ0) is 16.9. The maximum atomic E-state index is 12.1. The van der Waals surface area contributed by atoms with Crippen LogP contribution in [0, 0.1) is 13.8 Å². The van der Waals surface area contributed by atoms with Gasteiger partial charge in [0.05, 0.1) is 0 Å². The van der Waals surface area contributed by atoms with Crippen molar-refractivity contribution in [2.45, 2.75) is 13.8 Å². The normalized spacial score (nSPS) is 10.4. The van der Waals surface area contributed by atoms with Gasteiger partial charge in [0.1, 0.15) is 30.0 Å². The summed E-state index contributed by atoms with van der Waals surface area (Å²) in [5.41, 5.74) is 2.06. The lowest BCUT2D eigenvalue weighted by Gasteiger charge is -2.10. The van der Waals surface area contributed by atoms with E-state index in [0.717, 1.165) is 11.1 Å². The topological polar surface area (TPSA) is 81.9 Å². The number of carbonyl (C=O) groups is 1. The van der Waals surface area contributed by atoms with Gasteiger partial charge in [-0.3, -0.25) is 9.36 Å². The molecule has 2 aromatic heterocycles. The average molecular weight is 323 g/mol. The van der Waals surface area contributed by atoms with E-state index in [4.69, 9.17) is 4.74 Å². The molecule has 0 saturated heterocycles. The molecule has 1 aromatic carbocycles. The zero-order valence-corrected chi connectivity index (χ0v) is 13.4. The van der Waals surface area contributed by atoms with Crippen LogP contribution in [0.25, 0.3) is 5.82 Å². The Balaban J connectivity index is 1.63. The second kappa shape index (κ2) is 6.91. The summed E-state index contributed by atoms with van der Waals surface area (Å²) < 4.78 is 7.31. The van der Waals surface area contributed by atoms with Gasteiger partial charge in [0.2, 0.25) is 0 Å². The Bertz CT molecular complexity index is 846. The van der Waals surface area contributed by atoms with Crippen LogP contribution in [0.2, 0.25) is 0 Å². The standard InChI is InChI=1S/C17H17N5O2/c1-12-3-4-13(2)14(7-12)24-9-17(23)21-15-8-16(20-10-19-15)22-6-5-18-11-22/h3-8,10-11H,9H2,1-2H3,(H,19,20,21,23). The van der Waals surface area contributed by atoms with Crippen molar-refractivity contribution in [2.75, 3.05) is 11.9 Å². The molecule has 1 N–H and O–H groups in total. The molecule has 0 saturated carbocycles. The van der Waals surface area contributed by atoms with Crippen LogP contribution in [0.5, 0.6) is 5.75 Å². The van der Waals surface area contributed by atoms with Crippen LogP contribution in [0.1, 0.15) is 11.1 Å². The Kier molecular flexibility index (Phi) is 4.51. The molecule has 3 aromatic rings. The lowest BCUT2D eigenvalue weighted by Crippen LogP contribution is -2.21. The van der Waals surface area contributed by atoms with Crippen molar-refractivity contribution >= 4 is 11.7 Å². The van der Waals surface area contributed by atoms with Crippen LogP contribution in [-0.2, 0) is 4.79 Å². The van der Waals surface area contributed by atoms with E-state index < -0.39 is 0 Å². The zero-order valence-electron chi connectivity index (χ0n) is 13.4. The fraction of sp³-hybridized carbons (Fsp3) is 0.176. The summed E-state index contributed by atoms with van der Waals surface area (Å²) in [4.78, 5) is 24.2. The molecule has 0 aliphatic carbocycles. The number of anilines is 1. The number of nitrogens with zero attached hydrogens (tertiary/aromatic N) is 4. The molecule has 0 unspecified atom stereocenters. The van der Waals surface area contributed by atoms with E-state index in [-0.39, 0.29) is 12.5 Å². The number of imidazole rings is 1. The van der Waals surface area contributed by atoms with E-state index in [0.29, 0.717) is 17.4 Å². The first kappa shape index (κ1) is 15.7. The van der Waals surface area contributed by atoms with Gasteiger partial charge in [-0.1, -0.05) is 12.1 Å². The molecule has 0 bridgehead atoms. The third-order valence-electron chi connectivity index (χ3n) is 3.39. The van der Waals surface area contributed by atoms with E-state index in [9.17, 15) is 4.79 Å². The van der Waals surface area contributed by atoms with Crippen LogP contribution in [0.15, 0.2) is 49.3 Å². The Hall–Kier alpha value is -3.22. The number of hydrogen-bond donors (Lipinski definition) is 1. The highest BCUT2D eigenvalue weighted by atomic mass is 16.5.